The molecule has 1 N–H and O–H groups in total. The maximum Gasteiger partial charge on any atom is 0.228 e. The van der Waals surface area contributed by atoms with E-state index in [1.807, 2.05) is 18.2 Å². The number of fused-ring (bicyclic) bond motifs is 1. The van der Waals surface area contributed by atoms with Crippen LogP contribution in [0.1, 0.15) is 35.6 Å². The van der Waals surface area contributed by atoms with Gasteiger partial charge in [0, 0.05) is 5.69 Å². The van der Waals surface area contributed by atoms with E-state index >= 15 is 0 Å². The first-order chi connectivity index (χ1) is 10.2. The molecule has 0 saturated carbocycles. The topological polar surface area (TPSA) is 29.1 Å². The highest BCUT2D eigenvalue weighted by Crippen LogP contribution is 2.23. The molecule has 3 rings (SSSR count). The predicted molar refractivity (Wildman–Crippen MR) is 86.6 cm³/mol. The van der Waals surface area contributed by atoms with Crippen molar-refractivity contribution in [3.05, 3.63) is 64.7 Å². The second-order valence-corrected chi connectivity index (χ2v) is 5.74. The molecule has 0 radical (unpaired) electrons. The summed E-state index contributed by atoms with van der Waals surface area (Å²) in [4.78, 5) is 12.2. The molecule has 0 saturated heterocycles. The van der Waals surface area contributed by atoms with E-state index in [4.69, 9.17) is 0 Å². The fourth-order valence-corrected chi connectivity index (χ4v) is 2.99. The highest BCUT2D eigenvalue weighted by molar-refractivity contribution is 5.92. The van der Waals surface area contributed by atoms with Gasteiger partial charge in [-0.25, -0.2) is 0 Å². The number of hydrogen-bond acceptors (Lipinski definition) is 1. The SMILES string of the molecule is CCc1cccc(NC(=O)Cc2ccc3c(c2)CCC3)c1. The van der Waals surface area contributed by atoms with Crippen LogP contribution in [0.5, 0.6) is 0 Å². The fraction of sp³-hybridized carbons (Fsp3) is 0.316. The van der Waals surface area contributed by atoms with Crippen molar-refractivity contribution in [2.45, 2.75) is 39.0 Å². The van der Waals surface area contributed by atoms with E-state index in [0.29, 0.717) is 6.42 Å². The van der Waals surface area contributed by atoms with Gasteiger partial charge in [-0.1, -0.05) is 37.3 Å². The molecule has 2 aromatic rings. The van der Waals surface area contributed by atoms with Crippen molar-refractivity contribution in [3.63, 3.8) is 0 Å². The van der Waals surface area contributed by atoms with Crippen LogP contribution in [0.4, 0.5) is 5.69 Å². The van der Waals surface area contributed by atoms with Crippen LogP contribution in [0.2, 0.25) is 0 Å². The minimum absolute atomic E-state index is 0.0567. The van der Waals surface area contributed by atoms with Crippen LogP contribution in [0, 0.1) is 0 Å². The summed E-state index contributed by atoms with van der Waals surface area (Å²) in [7, 11) is 0. The van der Waals surface area contributed by atoms with Crippen LogP contribution >= 0.6 is 0 Å². The second kappa shape index (κ2) is 6.13. The van der Waals surface area contributed by atoms with Crippen LogP contribution in [0.25, 0.3) is 0 Å². The van der Waals surface area contributed by atoms with Gasteiger partial charge in [0.1, 0.15) is 0 Å². The lowest BCUT2D eigenvalue weighted by molar-refractivity contribution is -0.115. The van der Waals surface area contributed by atoms with Gasteiger partial charge in [-0.15, -0.1) is 0 Å². The van der Waals surface area contributed by atoms with Crippen molar-refractivity contribution < 1.29 is 4.79 Å². The zero-order valence-electron chi connectivity index (χ0n) is 12.5. The maximum absolute atomic E-state index is 12.2. The molecule has 2 nitrogen and oxygen atoms in total. The lowest BCUT2D eigenvalue weighted by Gasteiger charge is -2.08. The predicted octanol–water partition coefficient (Wildman–Crippen LogP) is 3.92. The zero-order chi connectivity index (χ0) is 14.7. The molecule has 0 spiro atoms. The number of anilines is 1. The number of hydrogen-bond donors (Lipinski definition) is 1. The summed E-state index contributed by atoms with van der Waals surface area (Å²) in [5.74, 6) is 0.0567. The average molecular weight is 279 g/mol. The molecule has 0 unspecified atom stereocenters. The third kappa shape index (κ3) is 3.33. The molecule has 0 fully saturated rings. The Labute approximate surface area is 126 Å². The van der Waals surface area contributed by atoms with Gasteiger partial charge in [0.15, 0.2) is 0 Å². The van der Waals surface area contributed by atoms with E-state index in [9.17, 15) is 4.79 Å². The van der Waals surface area contributed by atoms with Crippen molar-refractivity contribution in [1.29, 1.82) is 0 Å². The largest absolute Gasteiger partial charge is 0.326 e. The lowest BCUT2D eigenvalue weighted by Crippen LogP contribution is -2.14. The Morgan fingerprint density at radius 1 is 1.05 bits per heavy atom. The molecule has 0 bridgehead atoms. The summed E-state index contributed by atoms with van der Waals surface area (Å²) >= 11 is 0. The van der Waals surface area contributed by atoms with E-state index in [1.54, 1.807) is 0 Å². The highest BCUT2D eigenvalue weighted by atomic mass is 16.1. The van der Waals surface area contributed by atoms with Gasteiger partial charge in [-0.2, -0.15) is 0 Å². The minimum Gasteiger partial charge on any atom is -0.326 e. The zero-order valence-corrected chi connectivity index (χ0v) is 12.5. The number of nitrogens with one attached hydrogen (secondary N) is 1. The molecule has 2 aromatic carbocycles. The molecular weight excluding hydrogens is 258 g/mol. The summed E-state index contributed by atoms with van der Waals surface area (Å²) < 4.78 is 0. The molecule has 0 atom stereocenters. The Kier molecular flexibility index (Phi) is 4.05. The van der Waals surface area contributed by atoms with E-state index in [0.717, 1.165) is 24.1 Å². The molecule has 1 amide bonds. The van der Waals surface area contributed by atoms with Gasteiger partial charge >= 0.3 is 0 Å². The van der Waals surface area contributed by atoms with Gasteiger partial charge in [-0.3, -0.25) is 4.79 Å². The van der Waals surface area contributed by atoms with Crippen LogP contribution in [0.15, 0.2) is 42.5 Å². The summed E-state index contributed by atoms with van der Waals surface area (Å²) in [6, 6.07) is 14.5. The number of amides is 1. The Bertz CT molecular complexity index is 660. The van der Waals surface area contributed by atoms with Gasteiger partial charge in [0.2, 0.25) is 5.91 Å². The molecule has 1 aliphatic carbocycles. The molecule has 108 valence electrons. The Morgan fingerprint density at radius 2 is 1.90 bits per heavy atom. The van der Waals surface area contributed by atoms with Crippen molar-refractivity contribution >= 4 is 11.6 Å². The summed E-state index contributed by atoms with van der Waals surface area (Å²) in [6.07, 6.45) is 5.02. The van der Waals surface area contributed by atoms with E-state index < -0.39 is 0 Å². The van der Waals surface area contributed by atoms with Crippen LogP contribution < -0.4 is 5.32 Å². The molecule has 1 aliphatic rings. The number of benzene rings is 2. The molecule has 2 heteroatoms. The normalized spacial score (nSPS) is 13.0. The van der Waals surface area contributed by atoms with Crippen LogP contribution in [0.3, 0.4) is 0 Å². The first-order valence-corrected chi connectivity index (χ1v) is 7.74. The van der Waals surface area contributed by atoms with E-state index in [-0.39, 0.29) is 5.91 Å². The smallest absolute Gasteiger partial charge is 0.228 e. The van der Waals surface area contributed by atoms with Crippen LogP contribution in [-0.4, -0.2) is 5.91 Å². The van der Waals surface area contributed by atoms with Crippen molar-refractivity contribution in [1.82, 2.24) is 0 Å². The van der Waals surface area contributed by atoms with Crippen molar-refractivity contribution in [2.75, 3.05) is 5.32 Å². The number of aryl methyl sites for hydroxylation is 3. The van der Waals surface area contributed by atoms with Crippen LogP contribution in [-0.2, 0) is 30.5 Å². The molecule has 0 heterocycles. The summed E-state index contributed by atoms with van der Waals surface area (Å²) in [5.41, 5.74) is 6.12. The maximum atomic E-state index is 12.2. The quantitative estimate of drug-likeness (QED) is 0.903. The summed E-state index contributed by atoms with van der Waals surface area (Å²) in [5, 5.41) is 2.99. The van der Waals surface area contributed by atoms with Gasteiger partial charge < -0.3 is 5.32 Å². The Hall–Kier alpha value is -2.09. The summed E-state index contributed by atoms with van der Waals surface area (Å²) in [6.45, 7) is 2.12. The van der Waals surface area contributed by atoms with Crippen molar-refractivity contribution in [3.8, 4) is 0 Å². The Balaban J connectivity index is 1.66. The monoisotopic (exact) mass is 279 g/mol. The first kappa shape index (κ1) is 13.9. The highest BCUT2D eigenvalue weighted by Gasteiger charge is 2.12. The third-order valence-electron chi connectivity index (χ3n) is 4.15. The van der Waals surface area contributed by atoms with E-state index in [2.05, 4.69) is 36.5 Å². The lowest BCUT2D eigenvalue weighted by atomic mass is 10.0. The van der Waals surface area contributed by atoms with Crippen molar-refractivity contribution in [2.24, 2.45) is 0 Å². The first-order valence-electron chi connectivity index (χ1n) is 7.74. The average Bonchev–Trinajstić information content (AvgIpc) is 2.95. The number of carbonyl (C=O) groups excluding carboxylic acids is 1. The van der Waals surface area contributed by atoms with Gasteiger partial charge in [-0.05, 0) is 60.1 Å². The second-order valence-electron chi connectivity index (χ2n) is 5.74. The number of carbonyl (C=O) groups is 1. The molecule has 21 heavy (non-hydrogen) atoms. The van der Waals surface area contributed by atoms with Gasteiger partial charge in [0.25, 0.3) is 0 Å². The minimum atomic E-state index is 0.0567. The molecule has 0 aromatic heterocycles. The molecular formula is C19H21NO. The van der Waals surface area contributed by atoms with E-state index in [1.165, 1.54) is 29.5 Å². The standard InChI is InChI=1S/C19H21NO/c1-2-14-5-3-8-18(12-14)20-19(21)13-15-9-10-16-6-4-7-17(16)11-15/h3,5,8-12H,2,4,6-7,13H2,1H3,(H,20,21). The Morgan fingerprint density at radius 3 is 2.76 bits per heavy atom. The number of rotatable bonds is 4. The van der Waals surface area contributed by atoms with Gasteiger partial charge in [0.05, 0.1) is 6.42 Å². The third-order valence-corrected chi connectivity index (χ3v) is 4.15. The fourth-order valence-electron chi connectivity index (χ4n) is 2.99. The molecule has 0 aliphatic heterocycles.